The Kier molecular flexibility index (Phi) is 5.19. The molecular weight excluding hydrogens is 366 g/mol. The molecule has 0 radical (unpaired) electrons. The van der Waals surface area contributed by atoms with E-state index in [0.717, 1.165) is 36.9 Å². The van der Waals surface area contributed by atoms with Gasteiger partial charge in [0.2, 0.25) is 0 Å². The fourth-order valence-corrected chi connectivity index (χ4v) is 4.12. The number of hydrogen-bond donors (Lipinski definition) is 0. The minimum Gasteiger partial charge on any atom is -0.435 e. The zero-order valence-electron chi connectivity index (χ0n) is 15.9. The first-order valence-corrected chi connectivity index (χ1v) is 9.67. The lowest BCUT2D eigenvalue weighted by Crippen LogP contribution is -2.49. The molecule has 1 aliphatic carbocycles. The van der Waals surface area contributed by atoms with Crippen LogP contribution in [0.4, 0.5) is 14.5 Å². The Labute approximate surface area is 162 Å². The molecule has 1 fully saturated rings. The van der Waals surface area contributed by atoms with Crippen LogP contribution in [0.1, 0.15) is 34.6 Å². The molecule has 4 rings (SSSR count). The molecule has 0 unspecified atom stereocenters. The van der Waals surface area contributed by atoms with Crippen molar-refractivity contribution >= 4 is 11.6 Å². The maximum Gasteiger partial charge on any atom is 0.387 e. The predicted octanol–water partition coefficient (Wildman–Crippen LogP) is 2.86. The summed E-state index contributed by atoms with van der Waals surface area (Å²) in [5.41, 5.74) is 3.71. The van der Waals surface area contributed by atoms with Crippen molar-refractivity contribution < 1.29 is 18.3 Å². The third-order valence-corrected chi connectivity index (χ3v) is 5.54. The fourth-order valence-electron chi connectivity index (χ4n) is 4.12. The lowest BCUT2D eigenvalue weighted by molar-refractivity contribution is -0.0498. The summed E-state index contributed by atoms with van der Waals surface area (Å²) in [5.74, 6) is 0.138. The van der Waals surface area contributed by atoms with Gasteiger partial charge in [0.15, 0.2) is 5.69 Å². The van der Waals surface area contributed by atoms with E-state index in [1.807, 2.05) is 22.7 Å². The first kappa shape index (κ1) is 18.7. The summed E-state index contributed by atoms with van der Waals surface area (Å²) in [7, 11) is 1.91. The molecule has 1 aliphatic heterocycles. The summed E-state index contributed by atoms with van der Waals surface area (Å²) < 4.78 is 31.2. The van der Waals surface area contributed by atoms with Gasteiger partial charge in [0.05, 0.1) is 0 Å². The van der Waals surface area contributed by atoms with Gasteiger partial charge in [0.1, 0.15) is 5.75 Å². The Morgan fingerprint density at radius 3 is 2.64 bits per heavy atom. The van der Waals surface area contributed by atoms with Crippen LogP contribution >= 0.6 is 0 Å². The first-order valence-electron chi connectivity index (χ1n) is 9.67. The molecule has 28 heavy (non-hydrogen) atoms. The van der Waals surface area contributed by atoms with E-state index < -0.39 is 6.61 Å². The van der Waals surface area contributed by atoms with E-state index in [-0.39, 0.29) is 11.7 Å². The summed E-state index contributed by atoms with van der Waals surface area (Å²) in [4.78, 5) is 17.0. The highest BCUT2D eigenvalue weighted by Gasteiger charge is 2.29. The van der Waals surface area contributed by atoms with E-state index >= 15 is 0 Å². The average molecular weight is 390 g/mol. The Morgan fingerprint density at radius 2 is 1.89 bits per heavy atom. The van der Waals surface area contributed by atoms with Gasteiger partial charge < -0.3 is 14.5 Å². The predicted molar refractivity (Wildman–Crippen MR) is 101 cm³/mol. The number of piperazine rings is 1. The van der Waals surface area contributed by atoms with E-state index in [1.54, 1.807) is 12.1 Å². The molecule has 2 heterocycles. The number of alkyl halides is 2. The van der Waals surface area contributed by atoms with Crippen molar-refractivity contribution in [3.63, 3.8) is 0 Å². The number of nitrogens with zero attached hydrogens (tertiary/aromatic N) is 4. The van der Waals surface area contributed by atoms with Crippen LogP contribution < -0.4 is 9.64 Å². The van der Waals surface area contributed by atoms with Gasteiger partial charge in [-0.05, 0) is 37.8 Å². The molecule has 6 nitrogen and oxygen atoms in total. The molecule has 2 aromatic rings. The van der Waals surface area contributed by atoms with Crippen LogP contribution in [0.25, 0.3) is 0 Å². The van der Waals surface area contributed by atoms with Gasteiger partial charge in [0.25, 0.3) is 5.91 Å². The summed E-state index contributed by atoms with van der Waals surface area (Å²) in [6, 6.07) is 6.69. The number of fused-ring (bicyclic) bond motifs is 1. The molecule has 0 spiro atoms. The van der Waals surface area contributed by atoms with E-state index in [0.29, 0.717) is 31.9 Å². The molecule has 1 saturated heterocycles. The Hall–Kier alpha value is -2.64. The Morgan fingerprint density at radius 1 is 1.14 bits per heavy atom. The number of rotatable bonds is 4. The highest BCUT2D eigenvalue weighted by molar-refractivity contribution is 5.94. The van der Waals surface area contributed by atoms with E-state index in [1.165, 1.54) is 11.8 Å². The lowest BCUT2D eigenvalue weighted by atomic mass is 9.95. The summed E-state index contributed by atoms with van der Waals surface area (Å²) in [6.45, 7) is -0.416. The standard InChI is InChI=1S/C20H24F2N4O2/c1-24-17-8-3-2-7-16(17)18(23-24)19(27)26-11-9-25(10-12-26)14-5-4-6-15(13-14)28-20(21)22/h4-6,13,20H,2-3,7-12H2,1H3. The molecule has 0 N–H and O–H groups in total. The van der Waals surface area contributed by atoms with Crippen molar-refractivity contribution in [3.05, 3.63) is 41.2 Å². The highest BCUT2D eigenvalue weighted by Crippen LogP contribution is 2.26. The van der Waals surface area contributed by atoms with Gasteiger partial charge in [-0.1, -0.05) is 6.07 Å². The van der Waals surface area contributed by atoms with Crippen molar-refractivity contribution in [2.45, 2.75) is 32.3 Å². The van der Waals surface area contributed by atoms with Crippen molar-refractivity contribution in [3.8, 4) is 5.75 Å². The summed E-state index contributed by atoms with van der Waals surface area (Å²) in [6.07, 6.45) is 4.15. The number of aryl methyl sites for hydroxylation is 1. The average Bonchev–Trinajstić information content (AvgIpc) is 3.04. The molecule has 0 atom stereocenters. The van der Waals surface area contributed by atoms with E-state index in [9.17, 15) is 13.6 Å². The molecule has 150 valence electrons. The number of carbonyl (C=O) groups excluding carboxylic acids is 1. The maximum atomic E-state index is 13.0. The quantitative estimate of drug-likeness (QED) is 0.806. The van der Waals surface area contributed by atoms with Crippen molar-refractivity contribution in [1.29, 1.82) is 0 Å². The normalized spacial score (nSPS) is 17.0. The van der Waals surface area contributed by atoms with Crippen LogP contribution in [0.2, 0.25) is 0 Å². The van der Waals surface area contributed by atoms with Gasteiger partial charge in [-0.15, -0.1) is 0 Å². The minimum atomic E-state index is -2.84. The van der Waals surface area contributed by atoms with Gasteiger partial charge in [0, 0.05) is 56.2 Å². The minimum absolute atomic E-state index is 0.00631. The van der Waals surface area contributed by atoms with Crippen LogP contribution in [-0.2, 0) is 19.9 Å². The third kappa shape index (κ3) is 3.68. The molecular formula is C20H24F2N4O2. The van der Waals surface area contributed by atoms with Crippen LogP contribution in [0.5, 0.6) is 5.75 Å². The highest BCUT2D eigenvalue weighted by atomic mass is 19.3. The van der Waals surface area contributed by atoms with E-state index in [4.69, 9.17) is 0 Å². The second-order valence-corrected chi connectivity index (χ2v) is 7.26. The molecule has 0 bridgehead atoms. The van der Waals surface area contributed by atoms with Gasteiger partial charge in [-0.2, -0.15) is 13.9 Å². The number of halogens is 2. The number of hydrogen-bond acceptors (Lipinski definition) is 4. The monoisotopic (exact) mass is 390 g/mol. The zero-order chi connectivity index (χ0) is 19.7. The molecule has 0 saturated carbocycles. The third-order valence-electron chi connectivity index (χ3n) is 5.54. The summed E-state index contributed by atoms with van der Waals surface area (Å²) >= 11 is 0. The zero-order valence-corrected chi connectivity index (χ0v) is 15.9. The fraction of sp³-hybridized carbons (Fsp3) is 0.500. The topological polar surface area (TPSA) is 50.6 Å². The first-order chi connectivity index (χ1) is 13.5. The maximum absolute atomic E-state index is 13.0. The number of ether oxygens (including phenoxy) is 1. The second kappa shape index (κ2) is 7.77. The smallest absolute Gasteiger partial charge is 0.387 e. The van der Waals surface area contributed by atoms with Crippen molar-refractivity contribution in [2.24, 2.45) is 7.05 Å². The Bertz CT molecular complexity index is 860. The lowest BCUT2D eigenvalue weighted by Gasteiger charge is -2.36. The van der Waals surface area contributed by atoms with Crippen LogP contribution in [0.15, 0.2) is 24.3 Å². The Balaban J connectivity index is 1.43. The van der Waals surface area contributed by atoms with Crippen LogP contribution in [-0.4, -0.2) is 53.4 Å². The molecule has 8 heteroatoms. The van der Waals surface area contributed by atoms with Gasteiger partial charge in [-0.25, -0.2) is 0 Å². The number of amides is 1. The molecule has 1 amide bonds. The molecule has 1 aromatic carbocycles. The number of benzene rings is 1. The molecule has 2 aliphatic rings. The number of aromatic nitrogens is 2. The largest absolute Gasteiger partial charge is 0.435 e. The summed E-state index contributed by atoms with van der Waals surface area (Å²) in [5, 5.41) is 4.51. The van der Waals surface area contributed by atoms with Crippen LogP contribution in [0, 0.1) is 0 Å². The second-order valence-electron chi connectivity index (χ2n) is 7.26. The van der Waals surface area contributed by atoms with Crippen molar-refractivity contribution in [2.75, 3.05) is 31.1 Å². The molecule has 1 aromatic heterocycles. The van der Waals surface area contributed by atoms with Crippen LogP contribution in [0.3, 0.4) is 0 Å². The SMILES string of the molecule is Cn1nc(C(=O)N2CCN(c3cccc(OC(F)F)c3)CC2)c2c1CCCC2. The van der Waals surface area contributed by atoms with Gasteiger partial charge in [-0.3, -0.25) is 9.48 Å². The van der Waals surface area contributed by atoms with Gasteiger partial charge >= 0.3 is 6.61 Å². The van der Waals surface area contributed by atoms with Crippen molar-refractivity contribution in [1.82, 2.24) is 14.7 Å². The number of anilines is 1. The van der Waals surface area contributed by atoms with E-state index in [2.05, 4.69) is 14.7 Å². The number of carbonyl (C=O) groups is 1.